The molecule has 0 radical (unpaired) electrons. The lowest BCUT2D eigenvalue weighted by Crippen LogP contribution is -2.18. The lowest BCUT2D eigenvalue weighted by molar-refractivity contribution is 0.537. The topological polar surface area (TPSA) is 64.8 Å². The van der Waals surface area contributed by atoms with Crippen molar-refractivity contribution in [1.29, 1.82) is 0 Å². The van der Waals surface area contributed by atoms with Crippen molar-refractivity contribution < 1.29 is 8.42 Å². The summed E-state index contributed by atoms with van der Waals surface area (Å²) in [5.41, 5.74) is 0. The first kappa shape index (κ1) is 9.17. The second-order valence-corrected chi connectivity index (χ2v) is 8.31. The van der Waals surface area contributed by atoms with Crippen molar-refractivity contribution in [2.45, 2.75) is 20.6 Å². The molecule has 3 rings (SSSR count). The maximum Gasteiger partial charge on any atom is 0.191 e. The number of alkyl halides is 1. The van der Waals surface area contributed by atoms with Gasteiger partial charge in [-0.25, -0.2) is 8.42 Å². The standard InChI is InChI=1S/C6H6BrN3O2S2/c7-5-4-3(1-14(5,11)12)13-6-9-8-2-10(4)6/h2-5H,1H2/t3-,4-,5+/m0/s1. The van der Waals surface area contributed by atoms with Crippen LogP contribution < -0.4 is 0 Å². The van der Waals surface area contributed by atoms with Crippen LogP contribution in [0.2, 0.25) is 0 Å². The minimum atomic E-state index is -2.99. The van der Waals surface area contributed by atoms with E-state index in [2.05, 4.69) is 26.1 Å². The molecule has 0 aliphatic carbocycles. The minimum absolute atomic E-state index is 0.0463. The van der Waals surface area contributed by atoms with Crippen LogP contribution in [0, 0.1) is 0 Å². The van der Waals surface area contributed by atoms with E-state index in [9.17, 15) is 8.42 Å². The molecule has 3 heterocycles. The molecule has 8 heteroatoms. The lowest BCUT2D eigenvalue weighted by Gasteiger charge is -2.11. The van der Waals surface area contributed by atoms with Gasteiger partial charge in [0.1, 0.15) is 10.5 Å². The summed E-state index contributed by atoms with van der Waals surface area (Å²) >= 11 is 4.74. The number of sulfone groups is 1. The molecule has 1 fully saturated rings. The molecule has 0 saturated carbocycles. The first-order chi connectivity index (χ1) is 6.59. The van der Waals surface area contributed by atoms with Gasteiger partial charge in [0.2, 0.25) is 0 Å². The molecule has 0 bridgehead atoms. The smallest absolute Gasteiger partial charge is 0.191 e. The number of halogens is 1. The van der Waals surface area contributed by atoms with E-state index < -0.39 is 14.0 Å². The molecule has 14 heavy (non-hydrogen) atoms. The van der Waals surface area contributed by atoms with Crippen molar-refractivity contribution in [3.63, 3.8) is 0 Å². The average Bonchev–Trinajstić information content (AvgIpc) is 2.65. The summed E-state index contributed by atoms with van der Waals surface area (Å²) in [5.74, 6) is 0.224. The molecule has 2 aliphatic heterocycles. The predicted molar refractivity (Wildman–Crippen MR) is 55.2 cm³/mol. The van der Waals surface area contributed by atoms with E-state index in [4.69, 9.17) is 0 Å². The van der Waals surface area contributed by atoms with Crippen molar-refractivity contribution in [2.24, 2.45) is 0 Å². The van der Waals surface area contributed by atoms with Crippen LogP contribution in [0.15, 0.2) is 11.5 Å². The van der Waals surface area contributed by atoms with Crippen LogP contribution in [0.5, 0.6) is 0 Å². The Labute approximate surface area is 93.3 Å². The highest BCUT2D eigenvalue weighted by molar-refractivity contribution is 9.11. The summed E-state index contributed by atoms with van der Waals surface area (Å²) in [6.07, 6.45) is 1.60. The molecule has 0 N–H and O–H groups in total. The second kappa shape index (κ2) is 2.73. The van der Waals surface area contributed by atoms with Crippen molar-refractivity contribution in [3.05, 3.63) is 6.33 Å². The number of thioether (sulfide) groups is 1. The summed E-state index contributed by atoms with van der Waals surface area (Å²) in [5, 5.41) is 8.60. The first-order valence-corrected chi connectivity index (χ1v) is 7.52. The molecule has 1 aromatic heterocycles. The van der Waals surface area contributed by atoms with Gasteiger partial charge in [-0.05, 0) is 0 Å². The van der Waals surface area contributed by atoms with Crippen LogP contribution in [-0.2, 0) is 9.84 Å². The van der Waals surface area contributed by atoms with E-state index in [1.165, 1.54) is 11.8 Å². The normalized spacial score (nSPS) is 38.2. The monoisotopic (exact) mass is 295 g/mol. The summed E-state index contributed by atoms with van der Waals surface area (Å²) in [4.78, 5) is 0. The van der Waals surface area contributed by atoms with Crippen molar-refractivity contribution in [3.8, 4) is 0 Å². The van der Waals surface area contributed by atoms with Gasteiger partial charge < -0.3 is 4.57 Å². The van der Waals surface area contributed by atoms with Gasteiger partial charge in [0.05, 0.1) is 11.8 Å². The number of hydrogen-bond donors (Lipinski definition) is 0. The third kappa shape index (κ3) is 1.04. The average molecular weight is 296 g/mol. The molecule has 0 aromatic carbocycles. The zero-order valence-electron chi connectivity index (χ0n) is 6.87. The van der Waals surface area contributed by atoms with Gasteiger partial charge in [0.15, 0.2) is 15.0 Å². The molecule has 2 aliphatic rings. The third-order valence-corrected chi connectivity index (χ3v) is 8.01. The number of aromatic nitrogens is 3. The predicted octanol–water partition coefficient (Wildman–Crippen LogP) is 0.443. The number of hydrogen-bond acceptors (Lipinski definition) is 5. The fourth-order valence-electron chi connectivity index (χ4n) is 1.87. The number of nitrogens with zero attached hydrogens (tertiary/aromatic N) is 3. The Bertz CT molecular complexity index is 485. The van der Waals surface area contributed by atoms with Gasteiger partial charge in [-0.3, -0.25) is 0 Å². The maximum absolute atomic E-state index is 11.6. The second-order valence-electron chi connectivity index (χ2n) is 3.35. The molecule has 76 valence electrons. The fourth-order valence-corrected chi connectivity index (χ4v) is 6.76. The molecule has 1 saturated heterocycles. The molecule has 0 unspecified atom stereocenters. The van der Waals surface area contributed by atoms with E-state index in [0.717, 1.165) is 5.16 Å². The van der Waals surface area contributed by atoms with Gasteiger partial charge in [0.25, 0.3) is 0 Å². The Kier molecular flexibility index (Phi) is 1.79. The van der Waals surface area contributed by atoms with E-state index in [-0.39, 0.29) is 17.0 Å². The van der Waals surface area contributed by atoms with Crippen molar-refractivity contribution in [2.75, 3.05) is 5.75 Å². The first-order valence-electron chi connectivity index (χ1n) is 4.01. The summed E-state index contributed by atoms with van der Waals surface area (Å²) in [6.45, 7) is 0. The molecule has 3 atom stereocenters. The van der Waals surface area contributed by atoms with Gasteiger partial charge in [0, 0.05) is 5.25 Å². The number of rotatable bonds is 0. The summed E-state index contributed by atoms with van der Waals surface area (Å²) < 4.78 is 24.5. The molecule has 0 spiro atoms. The number of fused-ring (bicyclic) bond motifs is 3. The molecular formula is C6H6BrN3O2S2. The Hall–Kier alpha value is -0.0800. The zero-order chi connectivity index (χ0) is 9.92. The molecule has 1 aromatic rings. The summed E-state index contributed by atoms with van der Waals surface area (Å²) in [6, 6.07) is -0.0463. The van der Waals surface area contributed by atoms with Gasteiger partial charge >= 0.3 is 0 Å². The van der Waals surface area contributed by atoms with Crippen LogP contribution in [0.1, 0.15) is 6.04 Å². The minimum Gasteiger partial charge on any atom is -0.302 e. The largest absolute Gasteiger partial charge is 0.302 e. The van der Waals surface area contributed by atoms with Crippen LogP contribution in [-0.4, -0.2) is 38.3 Å². The van der Waals surface area contributed by atoms with Crippen LogP contribution in [0.3, 0.4) is 0 Å². The quantitative estimate of drug-likeness (QED) is 0.650. The SMILES string of the molecule is O=S1(=O)C[C@@H]2Sc3nncn3[C@@H]2[C@@H]1Br. The Morgan fingerprint density at radius 1 is 1.64 bits per heavy atom. The van der Waals surface area contributed by atoms with Crippen molar-refractivity contribution in [1.82, 2.24) is 14.8 Å². The third-order valence-electron chi connectivity index (χ3n) is 2.51. The van der Waals surface area contributed by atoms with E-state index >= 15 is 0 Å². The highest BCUT2D eigenvalue weighted by atomic mass is 79.9. The van der Waals surface area contributed by atoms with E-state index in [1.807, 2.05) is 4.57 Å². The van der Waals surface area contributed by atoms with Crippen molar-refractivity contribution >= 4 is 37.5 Å². The van der Waals surface area contributed by atoms with Crippen LogP contribution >= 0.6 is 27.7 Å². The van der Waals surface area contributed by atoms with E-state index in [0.29, 0.717) is 0 Å². The Balaban J connectivity index is 2.12. The van der Waals surface area contributed by atoms with Crippen LogP contribution in [0.25, 0.3) is 0 Å². The summed E-state index contributed by atoms with van der Waals surface area (Å²) in [7, 11) is -2.99. The highest BCUT2D eigenvalue weighted by Crippen LogP contribution is 2.49. The van der Waals surface area contributed by atoms with E-state index in [1.54, 1.807) is 6.33 Å². The van der Waals surface area contributed by atoms with Gasteiger partial charge in [-0.15, -0.1) is 10.2 Å². The molecular weight excluding hydrogens is 290 g/mol. The fraction of sp³-hybridized carbons (Fsp3) is 0.667. The molecule has 5 nitrogen and oxygen atoms in total. The maximum atomic E-state index is 11.6. The van der Waals surface area contributed by atoms with Gasteiger partial charge in [-0.1, -0.05) is 27.7 Å². The Morgan fingerprint density at radius 2 is 2.43 bits per heavy atom. The van der Waals surface area contributed by atoms with Crippen LogP contribution in [0.4, 0.5) is 0 Å². The highest BCUT2D eigenvalue weighted by Gasteiger charge is 2.51. The van der Waals surface area contributed by atoms with Gasteiger partial charge in [-0.2, -0.15) is 0 Å². The lowest BCUT2D eigenvalue weighted by atomic mass is 10.2. The zero-order valence-corrected chi connectivity index (χ0v) is 10.1. The molecule has 0 amide bonds. The Morgan fingerprint density at radius 3 is 3.21 bits per heavy atom.